The van der Waals surface area contributed by atoms with E-state index in [9.17, 15) is 0 Å². The minimum Gasteiger partial charge on any atom is -0.303 e. The highest BCUT2D eigenvalue weighted by molar-refractivity contribution is 4.59. The Hall–Kier alpha value is -0.0400. The van der Waals surface area contributed by atoms with Crippen molar-refractivity contribution in [1.29, 1.82) is 0 Å². The molecule has 0 rings (SSSR count). The van der Waals surface area contributed by atoms with Gasteiger partial charge in [0.2, 0.25) is 0 Å². The van der Waals surface area contributed by atoms with Gasteiger partial charge in [-0.1, -0.05) is 104 Å². The van der Waals surface area contributed by atoms with Gasteiger partial charge in [0.25, 0.3) is 0 Å². The van der Waals surface area contributed by atoms with Crippen LogP contribution in [0.25, 0.3) is 0 Å². The van der Waals surface area contributed by atoms with E-state index in [1.807, 2.05) is 0 Å². The van der Waals surface area contributed by atoms with Crippen LogP contribution in [0.5, 0.6) is 0 Å². The third-order valence-corrected chi connectivity index (χ3v) is 4.95. The molecule has 0 radical (unpaired) electrons. The quantitative estimate of drug-likeness (QED) is 0.221. The molecule has 0 amide bonds. The summed E-state index contributed by atoms with van der Waals surface area (Å²) in [5.74, 6) is 0. The van der Waals surface area contributed by atoms with Gasteiger partial charge in [-0.3, -0.25) is 0 Å². The molecule has 0 N–H and O–H groups in total. The van der Waals surface area contributed by atoms with Gasteiger partial charge in [0.15, 0.2) is 0 Å². The molecule has 0 aromatic rings. The van der Waals surface area contributed by atoms with Gasteiger partial charge >= 0.3 is 0 Å². The van der Waals surface area contributed by atoms with Crippen molar-refractivity contribution in [2.24, 2.45) is 0 Å². The molecule has 23 heavy (non-hydrogen) atoms. The second-order valence-electron chi connectivity index (χ2n) is 7.44. The first-order valence-corrected chi connectivity index (χ1v) is 11.1. The summed E-state index contributed by atoms with van der Waals surface area (Å²) in [4.78, 5) is 2.73. The normalized spacial score (nSPS) is 11.5. The Morgan fingerprint density at radius 1 is 0.348 bits per heavy atom. The summed E-state index contributed by atoms with van der Waals surface area (Å²) >= 11 is 0. The summed E-state index contributed by atoms with van der Waals surface area (Å²) in [7, 11) is 0. The van der Waals surface area contributed by atoms with E-state index in [1.165, 1.54) is 122 Å². The Morgan fingerprint density at radius 3 is 1.04 bits per heavy atom. The Labute approximate surface area is 148 Å². The van der Waals surface area contributed by atoms with Crippen LogP contribution in [0.1, 0.15) is 124 Å². The van der Waals surface area contributed by atoms with E-state index in [2.05, 4.69) is 25.7 Å². The average molecular weight is 326 g/mol. The van der Waals surface area contributed by atoms with Gasteiger partial charge in [0.1, 0.15) is 0 Å². The Kier molecular flexibility index (Phi) is 20.0. The second-order valence-corrected chi connectivity index (χ2v) is 7.44. The zero-order valence-electron chi connectivity index (χ0n) is 16.9. The highest BCUT2D eigenvalue weighted by atomic mass is 15.1. The standard InChI is InChI=1S/C22H47N/c1-4-7-9-11-13-15-17-19-22-23(20-6-3)21-18-16-14-12-10-8-5-2/h4-22H2,1-3H3. The summed E-state index contributed by atoms with van der Waals surface area (Å²) < 4.78 is 0. The maximum absolute atomic E-state index is 2.73. The molecule has 0 aliphatic carbocycles. The minimum absolute atomic E-state index is 1.31. The number of rotatable bonds is 19. The fourth-order valence-electron chi connectivity index (χ4n) is 3.41. The number of unbranched alkanes of at least 4 members (excludes halogenated alkanes) is 13. The predicted molar refractivity (Wildman–Crippen MR) is 107 cm³/mol. The molecular weight excluding hydrogens is 278 g/mol. The third kappa shape index (κ3) is 18.1. The van der Waals surface area contributed by atoms with Crippen LogP contribution in [0.2, 0.25) is 0 Å². The van der Waals surface area contributed by atoms with Crippen molar-refractivity contribution in [3.8, 4) is 0 Å². The lowest BCUT2D eigenvalue weighted by Crippen LogP contribution is -2.27. The molecule has 0 spiro atoms. The van der Waals surface area contributed by atoms with Gasteiger partial charge in [-0.05, 0) is 38.9 Å². The zero-order chi connectivity index (χ0) is 17.0. The van der Waals surface area contributed by atoms with Gasteiger partial charge in [0, 0.05) is 0 Å². The monoisotopic (exact) mass is 325 g/mol. The highest BCUT2D eigenvalue weighted by Crippen LogP contribution is 2.11. The summed E-state index contributed by atoms with van der Waals surface area (Å²) in [6, 6.07) is 0. The summed E-state index contributed by atoms with van der Waals surface area (Å²) in [5.41, 5.74) is 0. The van der Waals surface area contributed by atoms with Crippen LogP contribution in [-0.4, -0.2) is 24.5 Å². The van der Waals surface area contributed by atoms with Crippen molar-refractivity contribution >= 4 is 0 Å². The molecule has 0 fully saturated rings. The van der Waals surface area contributed by atoms with Crippen LogP contribution in [0, 0.1) is 0 Å². The molecule has 0 aromatic carbocycles. The fraction of sp³-hybridized carbons (Fsp3) is 1.00. The molecule has 0 aromatic heterocycles. The van der Waals surface area contributed by atoms with Crippen molar-refractivity contribution in [1.82, 2.24) is 4.90 Å². The van der Waals surface area contributed by atoms with E-state index in [-0.39, 0.29) is 0 Å². The molecule has 0 saturated heterocycles. The Balaban J connectivity index is 3.43. The van der Waals surface area contributed by atoms with Crippen LogP contribution in [-0.2, 0) is 0 Å². The van der Waals surface area contributed by atoms with Crippen molar-refractivity contribution < 1.29 is 0 Å². The van der Waals surface area contributed by atoms with E-state index in [0.717, 1.165) is 0 Å². The molecule has 0 bridgehead atoms. The van der Waals surface area contributed by atoms with Gasteiger partial charge in [-0.25, -0.2) is 0 Å². The van der Waals surface area contributed by atoms with Gasteiger partial charge in [-0.2, -0.15) is 0 Å². The van der Waals surface area contributed by atoms with Gasteiger partial charge < -0.3 is 4.90 Å². The van der Waals surface area contributed by atoms with Gasteiger partial charge in [-0.15, -0.1) is 0 Å². The maximum atomic E-state index is 2.73. The summed E-state index contributed by atoms with van der Waals surface area (Å²) in [6.45, 7) is 10.9. The highest BCUT2D eigenvalue weighted by Gasteiger charge is 2.03. The van der Waals surface area contributed by atoms with Crippen molar-refractivity contribution in [2.75, 3.05) is 19.6 Å². The van der Waals surface area contributed by atoms with E-state index < -0.39 is 0 Å². The molecular formula is C22H47N. The lowest BCUT2D eigenvalue weighted by molar-refractivity contribution is 0.260. The first-order valence-electron chi connectivity index (χ1n) is 11.1. The number of nitrogens with zero attached hydrogens (tertiary/aromatic N) is 1. The third-order valence-electron chi connectivity index (χ3n) is 4.95. The minimum atomic E-state index is 1.31. The fourth-order valence-corrected chi connectivity index (χ4v) is 3.41. The first-order chi connectivity index (χ1) is 11.3. The maximum Gasteiger partial charge on any atom is -0.00187 e. The van der Waals surface area contributed by atoms with Crippen molar-refractivity contribution in [2.45, 2.75) is 124 Å². The topological polar surface area (TPSA) is 3.24 Å². The molecule has 140 valence electrons. The Morgan fingerprint density at radius 2 is 0.696 bits per heavy atom. The molecule has 0 atom stereocenters. The van der Waals surface area contributed by atoms with E-state index >= 15 is 0 Å². The largest absolute Gasteiger partial charge is 0.303 e. The number of hydrogen-bond acceptors (Lipinski definition) is 1. The molecule has 0 heterocycles. The number of hydrogen-bond donors (Lipinski definition) is 0. The molecule has 0 aliphatic rings. The molecule has 0 unspecified atom stereocenters. The van der Waals surface area contributed by atoms with Crippen molar-refractivity contribution in [3.63, 3.8) is 0 Å². The smallest absolute Gasteiger partial charge is 0.00187 e. The predicted octanol–water partition coefficient (Wildman–Crippen LogP) is 7.59. The zero-order valence-corrected chi connectivity index (χ0v) is 16.9. The van der Waals surface area contributed by atoms with E-state index in [0.29, 0.717) is 0 Å². The Bertz CT molecular complexity index is 202. The first kappa shape index (κ1) is 23.0. The van der Waals surface area contributed by atoms with E-state index in [4.69, 9.17) is 0 Å². The molecule has 0 saturated carbocycles. The van der Waals surface area contributed by atoms with Crippen LogP contribution in [0.4, 0.5) is 0 Å². The van der Waals surface area contributed by atoms with E-state index in [1.54, 1.807) is 0 Å². The van der Waals surface area contributed by atoms with Crippen LogP contribution in [0.15, 0.2) is 0 Å². The van der Waals surface area contributed by atoms with Crippen LogP contribution >= 0.6 is 0 Å². The second kappa shape index (κ2) is 20.0. The summed E-state index contributed by atoms with van der Waals surface area (Å²) in [6.07, 6.45) is 22.8. The molecule has 0 aliphatic heterocycles. The van der Waals surface area contributed by atoms with Crippen LogP contribution < -0.4 is 0 Å². The summed E-state index contributed by atoms with van der Waals surface area (Å²) in [5, 5.41) is 0. The SMILES string of the molecule is CCCCCCCCCCN(CCC)CCCCCCCCC. The molecule has 1 heteroatoms. The van der Waals surface area contributed by atoms with Crippen molar-refractivity contribution in [3.05, 3.63) is 0 Å². The van der Waals surface area contributed by atoms with Gasteiger partial charge in [0.05, 0.1) is 0 Å². The van der Waals surface area contributed by atoms with Crippen LogP contribution in [0.3, 0.4) is 0 Å². The lowest BCUT2D eigenvalue weighted by atomic mass is 10.1. The lowest BCUT2D eigenvalue weighted by Gasteiger charge is -2.21. The molecule has 1 nitrogen and oxygen atoms in total. The average Bonchev–Trinajstić information content (AvgIpc) is 2.56.